The molecule has 1 aliphatic rings. The van der Waals surface area contributed by atoms with Crippen molar-refractivity contribution < 1.29 is 4.39 Å². The van der Waals surface area contributed by atoms with Crippen LogP contribution in [-0.2, 0) is 0 Å². The molecule has 1 aliphatic heterocycles. The lowest BCUT2D eigenvalue weighted by atomic mass is 10.1. The van der Waals surface area contributed by atoms with Crippen molar-refractivity contribution in [3.8, 4) is 17.3 Å². The molecule has 0 unspecified atom stereocenters. The minimum absolute atomic E-state index is 0.162. The molecule has 1 fully saturated rings. The van der Waals surface area contributed by atoms with Crippen molar-refractivity contribution in [1.82, 2.24) is 15.0 Å². The molecule has 2 aromatic rings. The summed E-state index contributed by atoms with van der Waals surface area (Å²) in [7, 11) is 0. The van der Waals surface area contributed by atoms with Crippen molar-refractivity contribution in [1.29, 1.82) is 5.26 Å². The summed E-state index contributed by atoms with van der Waals surface area (Å²) in [6, 6.07) is 5.50. The molecule has 0 aliphatic carbocycles. The van der Waals surface area contributed by atoms with E-state index >= 15 is 0 Å². The fourth-order valence-electron chi connectivity index (χ4n) is 2.38. The molecule has 106 valence electrons. The predicted molar refractivity (Wildman–Crippen MR) is 76.1 cm³/mol. The Balaban J connectivity index is 1.98. The molecule has 0 radical (unpaired) electrons. The number of rotatable bonds is 2. The number of alkyl halides is 1. The number of hydrogen-bond donors (Lipinski definition) is 1. The highest BCUT2D eigenvalue weighted by atomic mass is 19.1. The minimum atomic E-state index is -0.861. The maximum Gasteiger partial charge on any atom is 0.220 e. The Morgan fingerprint density at radius 2 is 2.29 bits per heavy atom. The van der Waals surface area contributed by atoms with Crippen molar-refractivity contribution in [2.75, 3.05) is 23.7 Å². The Morgan fingerprint density at radius 3 is 2.95 bits per heavy atom. The summed E-state index contributed by atoms with van der Waals surface area (Å²) >= 11 is 0. The zero-order valence-corrected chi connectivity index (χ0v) is 11.2. The van der Waals surface area contributed by atoms with E-state index in [0.29, 0.717) is 35.6 Å². The van der Waals surface area contributed by atoms with Crippen molar-refractivity contribution in [2.24, 2.45) is 0 Å². The van der Waals surface area contributed by atoms with Crippen molar-refractivity contribution in [2.45, 2.75) is 12.6 Å². The highest BCUT2D eigenvalue weighted by Gasteiger charge is 2.25. The summed E-state index contributed by atoms with van der Waals surface area (Å²) in [4.78, 5) is 14.0. The molecular formula is C14H13FN6. The number of aromatic nitrogens is 3. The fraction of sp³-hybridized carbons (Fsp3) is 0.286. The molecule has 3 heterocycles. The van der Waals surface area contributed by atoms with Crippen molar-refractivity contribution in [3.63, 3.8) is 0 Å². The molecule has 21 heavy (non-hydrogen) atoms. The van der Waals surface area contributed by atoms with Gasteiger partial charge in [-0.15, -0.1) is 0 Å². The maximum absolute atomic E-state index is 13.3. The first-order chi connectivity index (χ1) is 10.2. The second kappa shape index (κ2) is 5.32. The zero-order valence-electron chi connectivity index (χ0n) is 11.2. The molecule has 3 rings (SSSR count). The number of nitrogen functional groups attached to an aromatic ring is 1. The number of nitriles is 1. The maximum atomic E-state index is 13.3. The first-order valence-corrected chi connectivity index (χ1v) is 6.55. The number of halogens is 1. The van der Waals surface area contributed by atoms with E-state index in [4.69, 9.17) is 5.73 Å². The molecule has 1 saturated heterocycles. The topological polar surface area (TPSA) is 91.7 Å². The summed E-state index contributed by atoms with van der Waals surface area (Å²) < 4.78 is 13.3. The minimum Gasteiger partial charge on any atom is -0.368 e. The van der Waals surface area contributed by atoms with Crippen LogP contribution in [-0.4, -0.2) is 34.2 Å². The van der Waals surface area contributed by atoms with Gasteiger partial charge < -0.3 is 10.6 Å². The average Bonchev–Trinajstić information content (AvgIpc) is 2.93. The second-order valence-corrected chi connectivity index (χ2v) is 4.84. The molecule has 2 aromatic heterocycles. The van der Waals surface area contributed by atoms with Crippen LogP contribution in [0.15, 0.2) is 24.5 Å². The molecule has 6 nitrogen and oxygen atoms in total. The first-order valence-electron chi connectivity index (χ1n) is 6.55. The SMILES string of the molecule is N#Cc1cc(-c2ccnc(N)n2)cnc1N1CC[C@H](F)C1. The molecule has 0 spiro atoms. The van der Waals surface area contributed by atoms with Crippen molar-refractivity contribution >= 4 is 11.8 Å². The van der Waals surface area contributed by atoms with Crippen LogP contribution < -0.4 is 10.6 Å². The second-order valence-electron chi connectivity index (χ2n) is 4.84. The Morgan fingerprint density at radius 1 is 1.43 bits per heavy atom. The van der Waals surface area contributed by atoms with Crippen LogP contribution in [0.1, 0.15) is 12.0 Å². The van der Waals surface area contributed by atoms with E-state index in [1.807, 2.05) is 0 Å². The normalized spacial score (nSPS) is 17.7. The number of nitrogens with two attached hydrogens (primary N) is 1. The van der Waals surface area contributed by atoms with Gasteiger partial charge in [-0.2, -0.15) is 5.26 Å². The molecule has 0 bridgehead atoms. The molecule has 0 amide bonds. The van der Waals surface area contributed by atoms with Crippen LogP contribution >= 0.6 is 0 Å². The average molecular weight is 284 g/mol. The van der Waals surface area contributed by atoms with Gasteiger partial charge in [0.05, 0.1) is 17.8 Å². The molecule has 1 atom stereocenters. The summed E-state index contributed by atoms with van der Waals surface area (Å²) in [5, 5.41) is 9.30. The summed E-state index contributed by atoms with van der Waals surface area (Å²) in [6.45, 7) is 0.851. The largest absolute Gasteiger partial charge is 0.368 e. The van der Waals surface area contributed by atoms with Gasteiger partial charge in [-0.25, -0.2) is 19.3 Å². The van der Waals surface area contributed by atoms with Gasteiger partial charge in [0.25, 0.3) is 0 Å². The lowest BCUT2D eigenvalue weighted by Gasteiger charge is -2.17. The van der Waals surface area contributed by atoms with E-state index < -0.39 is 6.17 Å². The summed E-state index contributed by atoms with van der Waals surface area (Å²) in [5.41, 5.74) is 7.24. The van der Waals surface area contributed by atoms with Crippen LogP contribution in [0.4, 0.5) is 16.2 Å². The summed E-state index contributed by atoms with van der Waals surface area (Å²) in [5.74, 6) is 0.679. The third-order valence-electron chi connectivity index (χ3n) is 3.39. The highest BCUT2D eigenvalue weighted by molar-refractivity contribution is 5.66. The monoisotopic (exact) mass is 284 g/mol. The third kappa shape index (κ3) is 2.60. The van der Waals surface area contributed by atoms with E-state index in [1.54, 1.807) is 29.4 Å². The van der Waals surface area contributed by atoms with E-state index in [2.05, 4.69) is 21.0 Å². The third-order valence-corrected chi connectivity index (χ3v) is 3.39. The van der Waals surface area contributed by atoms with E-state index in [9.17, 15) is 9.65 Å². The first kappa shape index (κ1) is 13.2. The van der Waals surface area contributed by atoms with Gasteiger partial charge in [-0.05, 0) is 18.6 Å². The van der Waals surface area contributed by atoms with E-state index in [0.717, 1.165) is 0 Å². The van der Waals surface area contributed by atoms with Gasteiger partial charge in [0, 0.05) is 24.5 Å². The van der Waals surface area contributed by atoms with E-state index in [1.165, 1.54) is 0 Å². The van der Waals surface area contributed by atoms with Gasteiger partial charge in [0.2, 0.25) is 5.95 Å². The van der Waals surface area contributed by atoms with Gasteiger partial charge in [-0.3, -0.25) is 0 Å². The number of nitrogens with zero attached hydrogens (tertiary/aromatic N) is 5. The van der Waals surface area contributed by atoms with Gasteiger partial charge in [0.15, 0.2) is 0 Å². The number of anilines is 2. The van der Waals surface area contributed by atoms with Crippen LogP contribution in [0.3, 0.4) is 0 Å². The van der Waals surface area contributed by atoms with Gasteiger partial charge in [0.1, 0.15) is 18.1 Å². The molecule has 7 heteroatoms. The van der Waals surface area contributed by atoms with E-state index in [-0.39, 0.29) is 12.5 Å². The molecule has 0 saturated carbocycles. The smallest absolute Gasteiger partial charge is 0.220 e. The quantitative estimate of drug-likeness (QED) is 0.899. The van der Waals surface area contributed by atoms with Crippen molar-refractivity contribution in [3.05, 3.63) is 30.1 Å². The van der Waals surface area contributed by atoms with Gasteiger partial charge >= 0.3 is 0 Å². The highest BCUT2D eigenvalue weighted by Crippen LogP contribution is 2.26. The standard InChI is InChI=1S/C14H13FN6/c15-11-2-4-21(8-11)13-9(6-16)5-10(7-19-13)12-1-3-18-14(17)20-12/h1,3,5,7,11H,2,4,8H2,(H2,17,18,20)/t11-/m0/s1. The zero-order chi connectivity index (χ0) is 14.8. The molecule has 2 N–H and O–H groups in total. The Labute approximate surface area is 121 Å². The Bertz CT molecular complexity index is 711. The number of pyridine rings is 1. The lowest BCUT2D eigenvalue weighted by molar-refractivity contribution is 0.364. The lowest BCUT2D eigenvalue weighted by Crippen LogP contribution is -2.22. The van der Waals surface area contributed by atoms with Crippen LogP contribution in [0.5, 0.6) is 0 Å². The molecular weight excluding hydrogens is 271 g/mol. The summed E-state index contributed by atoms with van der Waals surface area (Å²) in [6.07, 6.45) is 2.77. The fourth-order valence-corrected chi connectivity index (χ4v) is 2.38. The van der Waals surface area contributed by atoms with Crippen LogP contribution in [0, 0.1) is 11.3 Å². The van der Waals surface area contributed by atoms with Crippen LogP contribution in [0.25, 0.3) is 11.3 Å². The van der Waals surface area contributed by atoms with Crippen LogP contribution in [0.2, 0.25) is 0 Å². The Hall–Kier alpha value is -2.75. The predicted octanol–water partition coefficient (Wildman–Crippen LogP) is 1.54. The number of hydrogen-bond acceptors (Lipinski definition) is 6. The Kier molecular flexibility index (Phi) is 3.36. The molecule has 0 aromatic carbocycles. The van der Waals surface area contributed by atoms with Gasteiger partial charge in [-0.1, -0.05) is 0 Å².